The Morgan fingerprint density at radius 3 is 2.60 bits per heavy atom. The van der Waals surface area contributed by atoms with Gasteiger partial charge in [0.05, 0.1) is 5.92 Å². The zero-order chi connectivity index (χ0) is 17.6. The largest absolute Gasteiger partial charge is 0.457 e. The second-order valence-electron chi connectivity index (χ2n) is 6.14. The molecule has 1 aromatic heterocycles. The van der Waals surface area contributed by atoms with E-state index in [0.29, 0.717) is 6.54 Å². The lowest BCUT2D eigenvalue weighted by atomic mass is 9.98. The van der Waals surface area contributed by atoms with Crippen LogP contribution in [0.2, 0.25) is 0 Å². The molecule has 1 aromatic carbocycles. The van der Waals surface area contributed by atoms with Gasteiger partial charge in [0, 0.05) is 13.1 Å². The minimum atomic E-state index is -0.240. The highest BCUT2D eigenvalue weighted by Crippen LogP contribution is 2.20. The van der Waals surface area contributed by atoms with Crippen LogP contribution in [0.25, 0.3) is 0 Å². The maximum atomic E-state index is 12.4. The van der Waals surface area contributed by atoms with Crippen LogP contribution in [-0.2, 0) is 22.7 Å². The molecule has 1 atom stereocenters. The van der Waals surface area contributed by atoms with Crippen LogP contribution in [0.3, 0.4) is 0 Å². The Hall–Kier alpha value is -2.74. The first-order chi connectivity index (χ1) is 12.1. The fourth-order valence-electron chi connectivity index (χ4n) is 3.01. The first-order valence-corrected chi connectivity index (χ1v) is 8.29. The van der Waals surface area contributed by atoms with Gasteiger partial charge in [0.25, 0.3) is 0 Å². The van der Waals surface area contributed by atoms with Gasteiger partial charge in [-0.2, -0.15) is 15.0 Å². The van der Waals surface area contributed by atoms with Crippen molar-refractivity contribution in [3.8, 4) is 0 Å². The van der Waals surface area contributed by atoms with E-state index < -0.39 is 0 Å². The Bertz CT molecular complexity index is 704. The lowest BCUT2D eigenvalue weighted by Gasteiger charge is -2.31. The van der Waals surface area contributed by atoms with E-state index in [1.165, 1.54) is 5.56 Å². The van der Waals surface area contributed by atoms with Crippen LogP contribution < -0.4 is 11.5 Å². The third-order valence-corrected chi connectivity index (χ3v) is 4.15. The number of likely N-dealkylation sites (tertiary alicyclic amines) is 1. The van der Waals surface area contributed by atoms with Gasteiger partial charge in [-0.05, 0) is 24.9 Å². The monoisotopic (exact) mass is 342 g/mol. The zero-order valence-corrected chi connectivity index (χ0v) is 14.0. The van der Waals surface area contributed by atoms with E-state index in [2.05, 4.69) is 32.0 Å². The maximum absolute atomic E-state index is 12.4. The fourth-order valence-corrected chi connectivity index (χ4v) is 3.01. The molecule has 1 saturated heterocycles. The molecule has 0 saturated carbocycles. The molecule has 0 unspecified atom stereocenters. The second kappa shape index (κ2) is 7.89. The summed E-state index contributed by atoms with van der Waals surface area (Å²) in [7, 11) is 0. The number of nitrogens with zero attached hydrogens (tertiary/aromatic N) is 4. The molecule has 132 valence electrons. The molecule has 3 rings (SSSR count). The Labute approximate surface area is 146 Å². The molecule has 2 aromatic rings. The number of hydrogen-bond donors (Lipinski definition) is 2. The number of carbonyl (C=O) groups is 1. The number of rotatable bonds is 5. The summed E-state index contributed by atoms with van der Waals surface area (Å²) in [4.78, 5) is 26.1. The molecule has 1 aliphatic heterocycles. The molecule has 0 amide bonds. The predicted molar refractivity (Wildman–Crippen MR) is 92.9 cm³/mol. The molecular formula is C17H22N6O2. The van der Waals surface area contributed by atoms with Gasteiger partial charge in [-0.3, -0.25) is 9.69 Å². The standard InChI is InChI=1S/C17H22N6O2/c18-16-20-14(21-17(19)22-16)11-25-15(24)13-7-4-8-23(10-13)9-12-5-2-1-3-6-12/h1-3,5-6,13H,4,7-11H2,(H4,18,19,20,21,22)/t13-/m1/s1. The number of hydrogen-bond acceptors (Lipinski definition) is 8. The second-order valence-corrected chi connectivity index (χ2v) is 6.14. The quantitative estimate of drug-likeness (QED) is 0.772. The van der Waals surface area contributed by atoms with E-state index in [1.807, 2.05) is 18.2 Å². The lowest BCUT2D eigenvalue weighted by Crippen LogP contribution is -2.38. The van der Waals surface area contributed by atoms with Crippen molar-refractivity contribution in [2.75, 3.05) is 24.6 Å². The molecule has 1 aliphatic rings. The number of carbonyl (C=O) groups excluding carboxylic acids is 1. The van der Waals surface area contributed by atoms with Crippen molar-refractivity contribution in [2.24, 2.45) is 5.92 Å². The van der Waals surface area contributed by atoms with Gasteiger partial charge in [0.2, 0.25) is 11.9 Å². The summed E-state index contributed by atoms with van der Waals surface area (Å²) < 4.78 is 5.35. The van der Waals surface area contributed by atoms with Crippen molar-refractivity contribution >= 4 is 17.9 Å². The van der Waals surface area contributed by atoms with Crippen molar-refractivity contribution in [1.29, 1.82) is 0 Å². The van der Waals surface area contributed by atoms with E-state index in [4.69, 9.17) is 16.2 Å². The molecule has 0 aliphatic carbocycles. The van der Waals surface area contributed by atoms with Crippen LogP contribution in [0.15, 0.2) is 30.3 Å². The van der Waals surface area contributed by atoms with Crippen molar-refractivity contribution in [1.82, 2.24) is 19.9 Å². The summed E-state index contributed by atoms with van der Waals surface area (Å²) >= 11 is 0. The smallest absolute Gasteiger partial charge is 0.310 e. The Morgan fingerprint density at radius 2 is 1.88 bits per heavy atom. The normalized spacial score (nSPS) is 18.0. The van der Waals surface area contributed by atoms with Crippen LogP contribution >= 0.6 is 0 Å². The highest BCUT2D eigenvalue weighted by Gasteiger charge is 2.27. The summed E-state index contributed by atoms with van der Waals surface area (Å²) in [6, 6.07) is 10.2. The molecular weight excluding hydrogens is 320 g/mol. The summed E-state index contributed by atoms with van der Waals surface area (Å²) in [5.41, 5.74) is 12.3. The van der Waals surface area contributed by atoms with E-state index in [0.717, 1.165) is 25.9 Å². The molecule has 8 heteroatoms. The molecule has 0 radical (unpaired) electrons. The van der Waals surface area contributed by atoms with Gasteiger partial charge in [-0.15, -0.1) is 0 Å². The predicted octanol–water partition coefficient (Wildman–Crippen LogP) is 0.991. The summed E-state index contributed by atoms with van der Waals surface area (Å²) in [6.45, 7) is 2.46. The van der Waals surface area contributed by atoms with Gasteiger partial charge < -0.3 is 16.2 Å². The van der Waals surface area contributed by atoms with Crippen LogP contribution in [0.4, 0.5) is 11.9 Å². The lowest BCUT2D eigenvalue weighted by molar-refractivity contribution is -0.152. The van der Waals surface area contributed by atoms with Crippen molar-refractivity contribution < 1.29 is 9.53 Å². The maximum Gasteiger partial charge on any atom is 0.310 e. The Balaban J connectivity index is 1.53. The topological polar surface area (TPSA) is 120 Å². The third kappa shape index (κ3) is 4.87. The van der Waals surface area contributed by atoms with Crippen molar-refractivity contribution in [3.63, 3.8) is 0 Å². The minimum Gasteiger partial charge on any atom is -0.457 e. The highest BCUT2D eigenvalue weighted by atomic mass is 16.5. The first kappa shape index (κ1) is 17.1. The number of anilines is 2. The van der Waals surface area contributed by atoms with Crippen molar-refractivity contribution in [3.05, 3.63) is 41.7 Å². The average molecular weight is 342 g/mol. The Morgan fingerprint density at radius 1 is 1.16 bits per heavy atom. The number of nitrogen functional groups attached to an aromatic ring is 2. The summed E-state index contributed by atoms with van der Waals surface area (Å²) in [6.07, 6.45) is 1.80. The van der Waals surface area contributed by atoms with Crippen LogP contribution in [-0.4, -0.2) is 38.9 Å². The fraction of sp³-hybridized carbons (Fsp3) is 0.412. The van der Waals surface area contributed by atoms with E-state index in [-0.39, 0.29) is 36.2 Å². The SMILES string of the molecule is Nc1nc(N)nc(COC(=O)[C@@H]2CCCN(Cc3ccccc3)C2)n1. The van der Waals surface area contributed by atoms with Gasteiger partial charge >= 0.3 is 5.97 Å². The number of benzene rings is 1. The molecule has 0 spiro atoms. The highest BCUT2D eigenvalue weighted by molar-refractivity contribution is 5.72. The van der Waals surface area contributed by atoms with Gasteiger partial charge in [0.1, 0.15) is 0 Å². The molecule has 25 heavy (non-hydrogen) atoms. The van der Waals surface area contributed by atoms with Gasteiger partial charge in [-0.25, -0.2) is 0 Å². The molecule has 1 fully saturated rings. The number of nitrogens with two attached hydrogens (primary N) is 2. The van der Waals surface area contributed by atoms with Crippen LogP contribution in [0.5, 0.6) is 0 Å². The molecule has 0 bridgehead atoms. The zero-order valence-electron chi connectivity index (χ0n) is 14.0. The number of piperidine rings is 1. The number of ether oxygens (including phenoxy) is 1. The van der Waals surface area contributed by atoms with Gasteiger partial charge in [0.15, 0.2) is 12.4 Å². The van der Waals surface area contributed by atoms with E-state index in [1.54, 1.807) is 0 Å². The van der Waals surface area contributed by atoms with Crippen LogP contribution in [0, 0.1) is 5.92 Å². The van der Waals surface area contributed by atoms with E-state index in [9.17, 15) is 4.79 Å². The van der Waals surface area contributed by atoms with E-state index >= 15 is 0 Å². The molecule has 8 nitrogen and oxygen atoms in total. The van der Waals surface area contributed by atoms with Crippen LogP contribution in [0.1, 0.15) is 24.2 Å². The molecule has 2 heterocycles. The third-order valence-electron chi connectivity index (χ3n) is 4.15. The number of esters is 1. The first-order valence-electron chi connectivity index (χ1n) is 8.29. The molecule has 4 N–H and O–H groups in total. The summed E-state index contributed by atoms with van der Waals surface area (Å²) in [5.74, 6) is -0.0879. The average Bonchev–Trinajstić information content (AvgIpc) is 2.60. The van der Waals surface area contributed by atoms with Crippen molar-refractivity contribution in [2.45, 2.75) is 26.0 Å². The number of aromatic nitrogens is 3. The van der Waals surface area contributed by atoms with Gasteiger partial charge in [-0.1, -0.05) is 30.3 Å². The summed E-state index contributed by atoms with van der Waals surface area (Å²) in [5, 5.41) is 0. The minimum absolute atomic E-state index is 0.0188. The Kier molecular flexibility index (Phi) is 5.39.